The van der Waals surface area contributed by atoms with Crippen molar-refractivity contribution in [3.05, 3.63) is 60.4 Å². The van der Waals surface area contributed by atoms with Crippen LogP contribution in [0.5, 0.6) is 0 Å². The predicted octanol–water partition coefficient (Wildman–Crippen LogP) is 2.75. The number of urea groups is 1. The predicted molar refractivity (Wildman–Crippen MR) is 71.2 cm³/mol. The molecule has 0 spiro atoms. The molecule has 2 amide bonds. The number of aromatic nitrogens is 1. The van der Waals surface area contributed by atoms with E-state index in [0.29, 0.717) is 6.54 Å². The van der Waals surface area contributed by atoms with Gasteiger partial charge in [-0.3, -0.25) is 4.98 Å². The molecule has 0 unspecified atom stereocenters. The van der Waals surface area contributed by atoms with Crippen LogP contribution in [0.4, 0.5) is 10.5 Å². The third-order valence-corrected chi connectivity index (χ3v) is 2.54. The molecule has 1 N–H and O–H groups in total. The number of hydrogen-bond donors (Lipinski definition) is 1. The third kappa shape index (κ3) is 3.31. The lowest BCUT2D eigenvalue weighted by Gasteiger charge is -2.17. The lowest BCUT2D eigenvalue weighted by molar-refractivity contribution is 0.220. The molecule has 92 valence electrons. The van der Waals surface area contributed by atoms with Crippen LogP contribution in [0.3, 0.4) is 0 Å². The van der Waals surface area contributed by atoms with Gasteiger partial charge in [0.2, 0.25) is 0 Å². The summed E-state index contributed by atoms with van der Waals surface area (Å²) in [5.74, 6) is 0. The largest absolute Gasteiger partial charge is 0.323 e. The van der Waals surface area contributed by atoms with E-state index in [1.54, 1.807) is 36.5 Å². The first-order valence-corrected chi connectivity index (χ1v) is 5.72. The van der Waals surface area contributed by atoms with Gasteiger partial charge in [-0.25, -0.2) is 4.79 Å². The Morgan fingerprint density at radius 2 is 1.83 bits per heavy atom. The number of nitrogens with zero attached hydrogens (tertiary/aromatic N) is 2. The lowest BCUT2D eigenvalue weighted by Crippen LogP contribution is -2.30. The van der Waals surface area contributed by atoms with Gasteiger partial charge in [-0.1, -0.05) is 30.3 Å². The highest BCUT2D eigenvalue weighted by molar-refractivity contribution is 5.88. The summed E-state index contributed by atoms with van der Waals surface area (Å²) in [4.78, 5) is 17.4. The number of amides is 2. The summed E-state index contributed by atoms with van der Waals surface area (Å²) in [5, 5.41) is 2.81. The maximum atomic E-state index is 11.9. The van der Waals surface area contributed by atoms with Gasteiger partial charge in [0.25, 0.3) is 0 Å². The number of benzene rings is 1. The molecule has 18 heavy (non-hydrogen) atoms. The lowest BCUT2D eigenvalue weighted by atomic mass is 10.2. The van der Waals surface area contributed by atoms with Gasteiger partial charge < -0.3 is 10.2 Å². The minimum Gasteiger partial charge on any atom is -0.323 e. The molecule has 4 nitrogen and oxygen atoms in total. The molecule has 1 aromatic heterocycles. The first kappa shape index (κ1) is 12.1. The fraction of sp³-hybridized carbons (Fsp3) is 0.143. The zero-order chi connectivity index (χ0) is 12.8. The Balaban J connectivity index is 1.93. The van der Waals surface area contributed by atoms with E-state index in [-0.39, 0.29) is 6.03 Å². The number of rotatable bonds is 3. The molecule has 0 aliphatic carbocycles. The van der Waals surface area contributed by atoms with Crippen LogP contribution >= 0.6 is 0 Å². The number of carbonyl (C=O) groups is 1. The summed E-state index contributed by atoms with van der Waals surface area (Å²) in [6, 6.07) is 13.3. The number of hydrogen-bond acceptors (Lipinski definition) is 2. The zero-order valence-electron chi connectivity index (χ0n) is 10.2. The standard InChI is InChI=1S/C14H15N3O/c1-17(11-12-5-3-2-4-6-12)14(18)16-13-7-9-15-10-8-13/h2-10H,11H2,1H3,(H,15,16,18). The van der Waals surface area contributed by atoms with Crippen molar-refractivity contribution in [2.75, 3.05) is 12.4 Å². The Morgan fingerprint density at radius 3 is 2.50 bits per heavy atom. The Hall–Kier alpha value is -2.36. The number of pyridine rings is 1. The van der Waals surface area contributed by atoms with Gasteiger partial charge in [-0.15, -0.1) is 0 Å². The van der Waals surface area contributed by atoms with Crippen molar-refractivity contribution in [1.82, 2.24) is 9.88 Å². The quantitative estimate of drug-likeness (QED) is 0.898. The molecule has 4 heteroatoms. The topological polar surface area (TPSA) is 45.2 Å². The molecule has 0 aliphatic heterocycles. The van der Waals surface area contributed by atoms with E-state index in [9.17, 15) is 4.79 Å². The molecule has 0 saturated carbocycles. The number of anilines is 1. The highest BCUT2D eigenvalue weighted by atomic mass is 16.2. The summed E-state index contributed by atoms with van der Waals surface area (Å²) >= 11 is 0. The van der Waals surface area contributed by atoms with Gasteiger partial charge in [-0.2, -0.15) is 0 Å². The summed E-state index contributed by atoms with van der Waals surface area (Å²) < 4.78 is 0. The molecular formula is C14H15N3O. The molecule has 2 rings (SSSR count). The molecule has 0 fully saturated rings. The molecule has 0 radical (unpaired) electrons. The molecule has 1 aromatic carbocycles. The van der Waals surface area contributed by atoms with Crippen molar-refractivity contribution in [3.63, 3.8) is 0 Å². The molecule has 0 atom stereocenters. The van der Waals surface area contributed by atoms with Crippen LogP contribution in [0.25, 0.3) is 0 Å². The van der Waals surface area contributed by atoms with Gasteiger partial charge in [-0.05, 0) is 17.7 Å². The van der Waals surface area contributed by atoms with Crippen LogP contribution in [0.2, 0.25) is 0 Å². The average molecular weight is 241 g/mol. The first-order chi connectivity index (χ1) is 8.75. The Kier molecular flexibility index (Phi) is 3.91. The minimum absolute atomic E-state index is 0.134. The SMILES string of the molecule is CN(Cc1ccccc1)C(=O)Nc1ccncc1. The number of nitrogens with one attached hydrogen (secondary N) is 1. The average Bonchev–Trinajstić information content (AvgIpc) is 2.41. The van der Waals surface area contributed by atoms with Gasteiger partial charge in [0.1, 0.15) is 0 Å². The zero-order valence-corrected chi connectivity index (χ0v) is 10.2. The highest BCUT2D eigenvalue weighted by Gasteiger charge is 2.08. The summed E-state index contributed by atoms with van der Waals surface area (Å²) in [6.07, 6.45) is 3.29. The highest BCUT2D eigenvalue weighted by Crippen LogP contribution is 2.07. The first-order valence-electron chi connectivity index (χ1n) is 5.72. The summed E-state index contributed by atoms with van der Waals surface area (Å²) in [7, 11) is 1.77. The van der Waals surface area contributed by atoms with E-state index in [0.717, 1.165) is 11.3 Å². The van der Waals surface area contributed by atoms with Crippen LogP contribution in [0, 0.1) is 0 Å². The van der Waals surface area contributed by atoms with Gasteiger partial charge in [0.05, 0.1) is 0 Å². The number of carbonyl (C=O) groups excluding carboxylic acids is 1. The third-order valence-electron chi connectivity index (χ3n) is 2.54. The normalized spacial score (nSPS) is 9.83. The van der Waals surface area contributed by atoms with Crippen molar-refractivity contribution < 1.29 is 4.79 Å². The molecule has 2 aromatic rings. The van der Waals surface area contributed by atoms with Crippen molar-refractivity contribution in [1.29, 1.82) is 0 Å². The molecule has 0 saturated heterocycles. The van der Waals surface area contributed by atoms with Gasteiger partial charge in [0, 0.05) is 31.7 Å². The summed E-state index contributed by atoms with van der Waals surface area (Å²) in [6.45, 7) is 0.581. The second-order valence-corrected chi connectivity index (χ2v) is 4.01. The fourth-order valence-electron chi connectivity index (χ4n) is 1.58. The summed E-state index contributed by atoms with van der Waals surface area (Å²) in [5.41, 5.74) is 1.85. The Labute approximate surface area is 106 Å². The van der Waals surface area contributed by atoms with Crippen LogP contribution in [-0.4, -0.2) is 23.0 Å². The van der Waals surface area contributed by atoms with E-state index < -0.39 is 0 Å². The maximum absolute atomic E-state index is 11.9. The molecule has 1 heterocycles. The van der Waals surface area contributed by atoms with Gasteiger partial charge in [0.15, 0.2) is 0 Å². The van der Waals surface area contributed by atoms with Gasteiger partial charge >= 0.3 is 6.03 Å². The van der Waals surface area contributed by atoms with Crippen molar-refractivity contribution >= 4 is 11.7 Å². The second kappa shape index (κ2) is 5.82. The van der Waals surface area contributed by atoms with Crippen LogP contribution < -0.4 is 5.32 Å². The van der Waals surface area contributed by atoms with E-state index in [4.69, 9.17) is 0 Å². The van der Waals surface area contributed by atoms with Crippen LogP contribution in [-0.2, 0) is 6.54 Å². The maximum Gasteiger partial charge on any atom is 0.321 e. The monoisotopic (exact) mass is 241 g/mol. The minimum atomic E-state index is -0.134. The van der Waals surface area contributed by atoms with Crippen LogP contribution in [0.15, 0.2) is 54.9 Å². The van der Waals surface area contributed by atoms with E-state index in [1.165, 1.54) is 0 Å². The fourth-order valence-corrected chi connectivity index (χ4v) is 1.58. The molecule has 0 aliphatic rings. The van der Waals surface area contributed by atoms with E-state index in [1.807, 2.05) is 30.3 Å². The second-order valence-electron chi connectivity index (χ2n) is 4.01. The Morgan fingerprint density at radius 1 is 1.17 bits per heavy atom. The Bertz CT molecular complexity index is 499. The smallest absolute Gasteiger partial charge is 0.321 e. The van der Waals surface area contributed by atoms with Crippen molar-refractivity contribution in [2.45, 2.75) is 6.54 Å². The van der Waals surface area contributed by atoms with E-state index in [2.05, 4.69) is 10.3 Å². The van der Waals surface area contributed by atoms with E-state index >= 15 is 0 Å². The van der Waals surface area contributed by atoms with Crippen LogP contribution in [0.1, 0.15) is 5.56 Å². The molecule has 0 bridgehead atoms. The van der Waals surface area contributed by atoms with Crippen molar-refractivity contribution in [2.24, 2.45) is 0 Å². The molecular weight excluding hydrogens is 226 g/mol. The van der Waals surface area contributed by atoms with Crippen molar-refractivity contribution in [3.8, 4) is 0 Å².